The highest BCUT2D eigenvalue weighted by Gasteiger charge is 2.24. The van der Waals surface area contributed by atoms with Gasteiger partial charge in [-0.25, -0.2) is 4.79 Å². The number of para-hydroxylation sites is 1. The molecule has 0 radical (unpaired) electrons. The van der Waals surface area contributed by atoms with Gasteiger partial charge in [0.15, 0.2) is 0 Å². The molecule has 1 atom stereocenters. The van der Waals surface area contributed by atoms with E-state index in [1.165, 1.54) is 12.1 Å². The zero-order chi connectivity index (χ0) is 18.5. The minimum Gasteiger partial charge on any atom is -0.492 e. The molecule has 26 heavy (non-hydrogen) atoms. The third kappa shape index (κ3) is 4.21. The number of nitrogens with one attached hydrogen (secondary N) is 1. The van der Waals surface area contributed by atoms with E-state index < -0.39 is 5.97 Å². The fourth-order valence-corrected chi connectivity index (χ4v) is 2.94. The number of carboxylic acids is 1. The van der Waals surface area contributed by atoms with Gasteiger partial charge >= 0.3 is 5.97 Å². The molecule has 2 aromatic carbocycles. The Hall–Kier alpha value is -2.86. The number of hydrogen-bond donors (Lipinski definition) is 2. The summed E-state index contributed by atoms with van der Waals surface area (Å²) in [5, 5.41) is 11.8. The van der Waals surface area contributed by atoms with Gasteiger partial charge in [0.2, 0.25) is 5.91 Å². The van der Waals surface area contributed by atoms with Crippen LogP contribution in [0, 0.1) is 0 Å². The summed E-state index contributed by atoms with van der Waals surface area (Å²) in [4.78, 5) is 25.5. The zero-order valence-corrected chi connectivity index (χ0v) is 14.6. The van der Waals surface area contributed by atoms with E-state index in [1.807, 2.05) is 31.2 Å². The highest BCUT2D eigenvalue weighted by atomic mass is 16.5. The third-order valence-corrected chi connectivity index (χ3v) is 4.58. The van der Waals surface area contributed by atoms with Gasteiger partial charge in [0.1, 0.15) is 12.4 Å². The number of hydrogen-bond acceptors (Lipinski definition) is 4. The molecule has 0 bridgehead atoms. The fourth-order valence-electron chi connectivity index (χ4n) is 2.94. The van der Waals surface area contributed by atoms with Gasteiger partial charge in [0.05, 0.1) is 11.6 Å². The van der Waals surface area contributed by atoms with Gasteiger partial charge in [0.25, 0.3) is 0 Å². The van der Waals surface area contributed by atoms with Gasteiger partial charge in [-0.15, -0.1) is 0 Å². The molecule has 1 unspecified atom stereocenters. The van der Waals surface area contributed by atoms with E-state index in [0.717, 1.165) is 16.9 Å². The van der Waals surface area contributed by atoms with Crippen molar-refractivity contribution in [2.75, 3.05) is 13.2 Å². The van der Waals surface area contributed by atoms with Crippen LogP contribution in [0.5, 0.6) is 5.75 Å². The van der Waals surface area contributed by atoms with E-state index >= 15 is 0 Å². The lowest BCUT2D eigenvalue weighted by Gasteiger charge is -2.26. The Morgan fingerprint density at radius 3 is 2.65 bits per heavy atom. The summed E-state index contributed by atoms with van der Waals surface area (Å²) < 4.78 is 5.75. The van der Waals surface area contributed by atoms with Crippen LogP contribution in [0.15, 0.2) is 48.5 Å². The van der Waals surface area contributed by atoms with Gasteiger partial charge in [-0.1, -0.05) is 30.3 Å². The summed E-state index contributed by atoms with van der Waals surface area (Å²) in [6.07, 6.45) is 0. The molecule has 0 saturated heterocycles. The zero-order valence-electron chi connectivity index (χ0n) is 14.6. The summed E-state index contributed by atoms with van der Waals surface area (Å²) in [6.45, 7) is 4.14. The molecule has 0 spiro atoms. The Labute approximate surface area is 152 Å². The number of rotatable bonds is 5. The van der Waals surface area contributed by atoms with Crippen molar-refractivity contribution in [1.29, 1.82) is 0 Å². The van der Waals surface area contributed by atoms with Crippen molar-refractivity contribution >= 4 is 11.9 Å². The number of nitrogens with zero attached hydrogens (tertiary/aromatic N) is 1. The van der Waals surface area contributed by atoms with Crippen LogP contribution in [0.25, 0.3) is 0 Å². The van der Waals surface area contributed by atoms with Crippen molar-refractivity contribution in [2.45, 2.75) is 26.1 Å². The number of aromatic carboxylic acids is 1. The van der Waals surface area contributed by atoms with Crippen LogP contribution >= 0.6 is 0 Å². The van der Waals surface area contributed by atoms with E-state index in [4.69, 9.17) is 9.84 Å². The first-order valence-corrected chi connectivity index (χ1v) is 8.59. The molecule has 1 heterocycles. The second-order valence-corrected chi connectivity index (χ2v) is 6.32. The molecule has 1 amide bonds. The van der Waals surface area contributed by atoms with Crippen molar-refractivity contribution in [2.24, 2.45) is 0 Å². The second kappa shape index (κ2) is 8.01. The molecule has 2 aromatic rings. The second-order valence-electron chi connectivity index (χ2n) is 6.32. The molecular formula is C20H22N2O4. The smallest absolute Gasteiger partial charge is 0.335 e. The number of carboxylic acid groups (broad SMARTS) is 1. The lowest BCUT2D eigenvalue weighted by atomic mass is 10.1. The maximum Gasteiger partial charge on any atom is 0.335 e. The maximum atomic E-state index is 12.5. The quantitative estimate of drug-likeness (QED) is 0.861. The van der Waals surface area contributed by atoms with Gasteiger partial charge in [0, 0.05) is 25.2 Å². The molecule has 6 heteroatoms. The van der Waals surface area contributed by atoms with Crippen molar-refractivity contribution in [1.82, 2.24) is 10.2 Å². The summed E-state index contributed by atoms with van der Waals surface area (Å²) in [5.74, 6) is -0.148. The van der Waals surface area contributed by atoms with E-state index in [0.29, 0.717) is 26.2 Å². The van der Waals surface area contributed by atoms with Crippen molar-refractivity contribution in [3.8, 4) is 5.75 Å². The molecule has 136 valence electrons. The Morgan fingerprint density at radius 1 is 1.19 bits per heavy atom. The topological polar surface area (TPSA) is 78.9 Å². The highest BCUT2D eigenvalue weighted by Crippen LogP contribution is 2.23. The lowest BCUT2D eigenvalue weighted by Crippen LogP contribution is -2.45. The van der Waals surface area contributed by atoms with Crippen molar-refractivity contribution < 1.29 is 19.4 Å². The van der Waals surface area contributed by atoms with E-state index in [1.54, 1.807) is 12.1 Å². The van der Waals surface area contributed by atoms with Crippen LogP contribution in [0.3, 0.4) is 0 Å². The molecule has 6 nitrogen and oxygen atoms in total. The number of amides is 1. The first kappa shape index (κ1) is 17.9. The number of benzene rings is 2. The minimum absolute atomic E-state index is 0.0632. The van der Waals surface area contributed by atoms with Gasteiger partial charge in [-0.05, 0) is 30.7 Å². The van der Waals surface area contributed by atoms with Crippen LogP contribution in [0.4, 0.5) is 0 Å². The van der Waals surface area contributed by atoms with E-state index in [9.17, 15) is 9.59 Å². The van der Waals surface area contributed by atoms with Crippen molar-refractivity contribution in [3.05, 3.63) is 65.2 Å². The summed E-state index contributed by atoms with van der Waals surface area (Å²) >= 11 is 0. The number of carbonyl (C=O) groups excluding carboxylic acids is 1. The molecule has 1 aliphatic rings. The SMILES string of the molecule is CC(C(=O)NCc1ccc(C(=O)O)cc1)N1CCOc2ccccc2C1. The summed E-state index contributed by atoms with van der Waals surface area (Å²) in [7, 11) is 0. The predicted molar refractivity (Wildman–Crippen MR) is 97.1 cm³/mol. The number of carbonyl (C=O) groups is 2. The number of fused-ring (bicyclic) bond motifs is 1. The molecule has 0 aromatic heterocycles. The summed E-state index contributed by atoms with van der Waals surface area (Å²) in [5.41, 5.74) is 2.17. The largest absolute Gasteiger partial charge is 0.492 e. The Morgan fingerprint density at radius 2 is 1.92 bits per heavy atom. The van der Waals surface area contributed by atoms with E-state index in [2.05, 4.69) is 10.2 Å². The van der Waals surface area contributed by atoms with Crippen LogP contribution in [-0.2, 0) is 17.9 Å². The average molecular weight is 354 g/mol. The molecule has 1 aliphatic heterocycles. The molecular weight excluding hydrogens is 332 g/mol. The van der Waals surface area contributed by atoms with Gasteiger partial charge < -0.3 is 15.2 Å². The maximum absolute atomic E-state index is 12.5. The third-order valence-electron chi connectivity index (χ3n) is 4.58. The molecule has 3 rings (SSSR count). The normalized spacial score (nSPS) is 15.3. The van der Waals surface area contributed by atoms with Crippen LogP contribution in [0.2, 0.25) is 0 Å². The van der Waals surface area contributed by atoms with Crippen LogP contribution in [-0.4, -0.2) is 41.1 Å². The summed E-state index contributed by atoms with van der Waals surface area (Å²) in [6, 6.07) is 14.1. The van der Waals surface area contributed by atoms with Crippen molar-refractivity contribution in [3.63, 3.8) is 0 Å². The van der Waals surface area contributed by atoms with Gasteiger partial charge in [-0.3, -0.25) is 9.69 Å². The lowest BCUT2D eigenvalue weighted by molar-refractivity contribution is -0.126. The molecule has 2 N–H and O–H groups in total. The Balaban J connectivity index is 1.58. The molecule has 0 saturated carbocycles. The van der Waals surface area contributed by atoms with Gasteiger partial charge in [-0.2, -0.15) is 0 Å². The standard InChI is InChI=1S/C20H22N2O4/c1-14(22-10-11-26-18-5-3-2-4-17(18)13-22)19(23)21-12-15-6-8-16(9-7-15)20(24)25/h2-9,14H,10-13H2,1H3,(H,21,23)(H,24,25). The number of ether oxygens (including phenoxy) is 1. The average Bonchev–Trinajstić information content (AvgIpc) is 2.88. The fraction of sp³-hybridized carbons (Fsp3) is 0.300. The first-order chi connectivity index (χ1) is 12.5. The van der Waals surface area contributed by atoms with Crippen LogP contribution < -0.4 is 10.1 Å². The Bertz CT molecular complexity index is 789. The monoisotopic (exact) mass is 354 g/mol. The Kier molecular flexibility index (Phi) is 5.53. The molecule has 0 aliphatic carbocycles. The predicted octanol–water partition coefficient (Wildman–Crippen LogP) is 2.28. The molecule has 0 fully saturated rings. The highest BCUT2D eigenvalue weighted by molar-refractivity contribution is 5.87. The van der Waals surface area contributed by atoms with E-state index in [-0.39, 0.29) is 17.5 Å². The first-order valence-electron chi connectivity index (χ1n) is 8.59. The van der Waals surface area contributed by atoms with Crippen LogP contribution in [0.1, 0.15) is 28.4 Å². The minimum atomic E-state index is -0.960.